The van der Waals surface area contributed by atoms with Crippen LogP contribution in [0.4, 0.5) is 0 Å². The molecule has 56 heavy (non-hydrogen) atoms. The van der Waals surface area contributed by atoms with Crippen molar-refractivity contribution in [2.45, 2.75) is 309 Å². The Morgan fingerprint density at radius 1 is 0.375 bits per heavy atom. The number of nitrogens with zero attached hydrogens (tertiary/aromatic N) is 2. The maximum absolute atomic E-state index is 9.52. The molecule has 0 saturated heterocycles. The zero-order chi connectivity index (χ0) is 40.3. The van der Waals surface area contributed by atoms with Crippen LogP contribution in [0.15, 0.2) is 18.7 Å². The average molecular weight is 786 g/mol. The first-order valence-electron chi connectivity index (χ1n) is 26.4. The van der Waals surface area contributed by atoms with E-state index in [0.717, 1.165) is 5.92 Å². The van der Waals surface area contributed by atoms with Gasteiger partial charge in [0, 0.05) is 0 Å². The Morgan fingerprint density at radius 3 is 0.964 bits per heavy atom. The molecule has 1 aromatic heterocycles. The number of rotatable bonds is 47. The van der Waals surface area contributed by atoms with E-state index in [1.54, 1.807) is 0 Å². The van der Waals surface area contributed by atoms with Crippen LogP contribution in [0.1, 0.15) is 303 Å². The molecule has 1 N–H and O–H groups in total. The molecule has 332 valence electrons. The van der Waals surface area contributed by atoms with E-state index in [1.165, 1.54) is 276 Å². The lowest BCUT2D eigenvalue weighted by Crippen LogP contribution is -2.33. The second kappa shape index (κ2) is 43.7. The van der Waals surface area contributed by atoms with Crippen molar-refractivity contribution in [2.75, 3.05) is 6.61 Å². The number of aliphatic hydroxyl groups excluding tert-OH is 1. The highest BCUT2D eigenvalue weighted by atomic mass is 16.3. The fourth-order valence-corrected chi connectivity index (χ4v) is 9.33. The predicted octanol–water partition coefficient (Wildman–Crippen LogP) is 17.8. The molecule has 1 rings (SSSR count). The Hall–Kier alpha value is -0.830. The molecule has 0 fully saturated rings. The van der Waals surface area contributed by atoms with Crippen LogP contribution >= 0.6 is 0 Å². The van der Waals surface area contributed by atoms with Gasteiger partial charge in [-0.25, -0.2) is 9.13 Å². The Kier molecular flexibility index (Phi) is 41.5. The third kappa shape index (κ3) is 35.1. The molecule has 1 aromatic rings. The largest absolute Gasteiger partial charge is 0.392 e. The monoisotopic (exact) mass is 786 g/mol. The van der Waals surface area contributed by atoms with E-state index in [-0.39, 0.29) is 6.61 Å². The van der Waals surface area contributed by atoms with Gasteiger partial charge in [0.15, 0.2) is 0 Å². The van der Waals surface area contributed by atoms with Crippen molar-refractivity contribution in [3.63, 3.8) is 0 Å². The van der Waals surface area contributed by atoms with Gasteiger partial charge in [0.25, 0.3) is 0 Å². The highest BCUT2D eigenvalue weighted by Gasteiger charge is 2.17. The third-order valence-corrected chi connectivity index (χ3v) is 13.2. The molecule has 0 aliphatic rings. The fraction of sp³-hybridized carbons (Fsp3) is 0.943. The molecule has 1 unspecified atom stereocenters. The zero-order valence-corrected chi connectivity index (χ0v) is 39.0. The van der Waals surface area contributed by atoms with E-state index in [2.05, 4.69) is 48.6 Å². The molecule has 0 aromatic carbocycles. The maximum Gasteiger partial charge on any atom is 0.244 e. The van der Waals surface area contributed by atoms with Crippen molar-refractivity contribution in [1.29, 1.82) is 0 Å². The first kappa shape index (κ1) is 53.2. The van der Waals surface area contributed by atoms with Crippen LogP contribution in [0.2, 0.25) is 0 Å². The summed E-state index contributed by atoms with van der Waals surface area (Å²) in [6, 6.07) is 0.615. The summed E-state index contributed by atoms with van der Waals surface area (Å²) in [7, 11) is 0. The summed E-state index contributed by atoms with van der Waals surface area (Å²) in [5, 5.41) is 9.52. The van der Waals surface area contributed by atoms with Gasteiger partial charge in [-0.3, -0.25) is 0 Å². The second-order valence-corrected chi connectivity index (χ2v) is 18.7. The van der Waals surface area contributed by atoms with E-state index < -0.39 is 0 Å². The van der Waals surface area contributed by atoms with E-state index in [9.17, 15) is 5.11 Å². The Labute approximate surface area is 353 Å². The summed E-state index contributed by atoms with van der Waals surface area (Å²) in [6.07, 6.45) is 68.5. The van der Waals surface area contributed by atoms with Crippen LogP contribution in [0.3, 0.4) is 0 Å². The van der Waals surface area contributed by atoms with Crippen molar-refractivity contribution < 1.29 is 9.67 Å². The minimum Gasteiger partial charge on any atom is -0.392 e. The molecular weight excluding hydrogens is 681 g/mol. The van der Waals surface area contributed by atoms with Crippen LogP contribution < -0.4 is 4.57 Å². The van der Waals surface area contributed by atoms with Crippen molar-refractivity contribution in [3.8, 4) is 0 Å². The molecule has 0 radical (unpaired) electrons. The van der Waals surface area contributed by atoms with Crippen LogP contribution in [0.25, 0.3) is 0 Å². The number of unbranched alkanes of at least 4 members (excludes halogenated alkanes) is 34. The zero-order valence-electron chi connectivity index (χ0n) is 39.0. The predicted molar refractivity (Wildman–Crippen MR) is 250 cm³/mol. The molecule has 1 heterocycles. The number of imidazole rings is 1. The minimum absolute atomic E-state index is 0.220. The van der Waals surface area contributed by atoms with Gasteiger partial charge in [0.2, 0.25) is 6.33 Å². The summed E-state index contributed by atoms with van der Waals surface area (Å²) >= 11 is 0. The molecule has 0 spiro atoms. The molecular formula is C53H105N2O+. The van der Waals surface area contributed by atoms with Gasteiger partial charge in [0.1, 0.15) is 25.0 Å². The van der Waals surface area contributed by atoms with Crippen LogP contribution in [0.5, 0.6) is 0 Å². The molecule has 0 aliphatic heterocycles. The van der Waals surface area contributed by atoms with E-state index in [0.29, 0.717) is 12.6 Å². The van der Waals surface area contributed by atoms with Gasteiger partial charge in [-0.05, 0) is 31.6 Å². The van der Waals surface area contributed by atoms with Crippen molar-refractivity contribution >= 4 is 0 Å². The molecule has 0 amide bonds. The molecule has 0 bridgehead atoms. The summed E-state index contributed by atoms with van der Waals surface area (Å²) < 4.78 is 4.67. The molecule has 0 saturated carbocycles. The Balaban J connectivity index is 2.43. The normalized spacial score (nSPS) is 12.4. The third-order valence-electron chi connectivity index (χ3n) is 13.2. The van der Waals surface area contributed by atoms with Gasteiger partial charge in [0.05, 0.1) is 6.61 Å². The average Bonchev–Trinajstić information content (AvgIpc) is 3.68. The van der Waals surface area contributed by atoms with Crippen molar-refractivity contribution in [1.82, 2.24) is 4.57 Å². The van der Waals surface area contributed by atoms with Gasteiger partial charge in [-0.2, -0.15) is 0 Å². The highest BCUT2D eigenvalue weighted by molar-refractivity contribution is 4.76. The first-order valence-corrected chi connectivity index (χ1v) is 26.4. The Bertz CT molecular complexity index is 838. The number of aliphatic hydroxyl groups is 1. The van der Waals surface area contributed by atoms with Gasteiger partial charge >= 0.3 is 0 Å². The quantitative estimate of drug-likeness (QED) is 0.0517. The summed E-state index contributed by atoms with van der Waals surface area (Å²) in [4.78, 5) is 0. The lowest BCUT2D eigenvalue weighted by molar-refractivity contribution is -0.697. The summed E-state index contributed by atoms with van der Waals surface area (Å²) in [6.45, 7) is 7.88. The SMILES string of the molecule is CCCCCCCCCCCCCCC(CCCCCCCCCCCCCC)CCCCC(CCCCCCCCCCCCCC)n1cc[n+](CCO)c1. The van der Waals surface area contributed by atoms with Crippen LogP contribution in [-0.4, -0.2) is 16.3 Å². The lowest BCUT2D eigenvalue weighted by Gasteiger charge is -2.18. The topological polar surface area (TPSA) is 29.0 Å². The van der Waals surface area contributed by atoms with E-state index in [4.69, 9.17) is 0 Å². The van der Waals surface area contributed by atoms with Crippen LogP contribution in [0, 0.1) is 5.92 Å². The first-order chi connectivity index (χ1) is 27.7. The molecule has 3 heteroatoms. The van der Waals surface area contributed by atoms with Gasteiger partial charge < -0.3 is 5.11 Å². The van der Waals surface area contributed by atoms with Crippen molar-refractivity contribution in [2.24, 2.45) is 5.92 Å². The smallest absolute Gasteiger partial charge is 0.244 e. The highest BCUT2D eigenvalue weighted by Crippen LogP contribution is 2.28. The minimum atomic E-state index is 0.220. The number of hydrogen-bond acceptors (Lipinski definition) is 1. The van der Waals surface area contributed by atoms with Gasteiger partial charge in [-0.1, -0.05) is 271 Å². The molecule has 0 aliphatic carbocycles. The molecule has 1 atom stereocenters. The lowest BCUT2D eigenvalue weighted by atomic mass is 9.89. The summed E-state index contributed by atoms with van der Waals surface area (Å²) in [5.74, 6) is 0.953. The fourth-order valence-electron chi connectivity index (χ4n) is 9.33. The van der Waals surface area contributed by atoms with Crippen molar-refractivity contribution in [3.05, 3.63) is 18.7 Å². The van der Waals surface area contributed by atoms with E-state index >= 15 is 0 Å². The van der Waals surface area contributed by atoms with E-state index in [1.807, 2.05) is 0 Å². The van der Waals surface area contributed by atoms with Gasteiger partial charge in [-0.15, -0.1) is 0 Å². The standard InChI is InChI=1S/C53H105N2O/c1-4-7-10-13-16-19-22-25-28-31-34-37-42-52(43-38-35-32-29-26-23-20-17-14-11-8-5-2)44-40-41-46-53(55-48-47-54(51-55)49-50-56)45-39-36-33-30-27-24-21-18-15-12-9-6-3/h47-48,51-53,56H,4-46,49-50H2,1-3H3/q+1. The Morgan fingerprint density at radius 2 is 0.643 bits per heavy atom. The number of hydrogen-bond donors (Lipinski definition) is 1. The number of aromatic nitrogens is 2. The van der Waals surface area contributed by atoms with Crippen LogP contribution in [-0.2, 0) is 6.54 Å². The molecule has 3 nitrogen and oxygen atoms in total. The maximum atomic E-state index is 9.52. The summed E-state index contributed by atoms with van der Waals surface area (Å²) in [5.41, 5.74) is 0. The second-order valence-electron chi connectivity index (χ2n) is 18.7.